The SMILES string of the molecule is O=c1c(C2=NS(=O)(=O)c3ccccc3N2)c(O)c2cnccc2n1Cc1ccccc1. The lowest BCUT2D eigenvalue weighted by Crippen LogP contribution is -2.33. The van der Waals surface area contributed by atoms with E-state index in [9.17, 15) is 18.3 Å². The van der Waals surface area contributed by atoms with E-state index in [1.807, 2.05) is 30.3 Å². The number of aromatic nitrogens is 2. The Morgan fingerprint density at radius 2 is 1.74 bits per heavy atom. The zero-order chi connectivity index (χ0) is 21.6. The number of rotatable bonds is 3. The summed E-state index contributed by atoms with van der Waals surface area (Å²) in [4.78, 5) is 17.6. The van der Waals surface area contributed by atoms with Gasteiger partial charge in [0.2, 0.25) is 0 Å². The van der Waals surface area contributed by atoms with Crippen molar-refractivity contribution in [1.82, 2.24) is 9.55 Å². The third-order valence-corrected chi connectivity index (χ3v) is 6.42. The van der Waals surface area contributed by atoms with Crippen molar-refractivity contribution in [3.63, 3.8) is 0 Å². The fourth-order valence-electron chi connectivity index (χ4n) is 3.64. The molecule has 0 saturated heterocycles. The number of amidine groups is 1. The van der Waals surface area contributed by atoms with Crippen LogP contribution in [0.4, 0.5) is 5.69 Å². The first-order chi connectivity index (χ1) is 15.0. The highest BCUT2D eigenvalue weighted by molar-refractivity contribution is 7.90. The maximum Gasteiger partial charge on any atom is 0.286 e. The van der Waals surface area contributed by atoms with Crippen LogP contribution in [0.2, 0.25) is 0 Å². The van der Waals surface area contributed by atoms with Crippen molar-refractivity contribution in [1.29, 1.82) is 0 Å². The second-order valence-electron chi connectivity index (χ2n) is 7.03. The molecule has 2 N–H and O–H groups in total. The number of aromatic hydroxyl groups is 1. The van der Waals surface area contributed by atoms with E-state index in [1.165, 1.54) is 23.0 Å². The minimum atomic E-state index is -4.05. The van der Waals surface area contributed by atoms with Crippen LogP contribution in [0, 0.1) is 0 Å². The normalized spacial score (nSPS) is 14.5. The third kappa shape index (κ3) is 3.15. The molecule has 8 nitrogen and oxygen atoms in total. The van der Waals surface area contributed by atoms with Crippen LogP contribution in [0.3, 0.4) is 0 Å². The Kier molecular flexibility index (Phi) is 4.33. The van der Waals surface area contributed by atoms with Gasteiger partial charge in [-0.3, -0.25) is 9.78 Å². The molecule has 31 heavy (non-hydrogen) atoms. The summed E-state index contributed by atoms with van der Waals surface area (Å²) >= 11 is 0. The first kappa shape index (κ1) is 19.0. The largest absolute Gasteiger partial charge is 0.506 e. The molecule has 5 rings (SSSR count). The number of benzene rings is 2. The molecule has 0 fully saturated rings. The quantitative estimate of drug-likeness (QED) is 0.515. The number of fused-ring (bicyclic) bond motifs is 2. The van der Waals surface area contributed by atoms with Gasteiger partial charge in [0.25, 0.3) is 15.6 Å². The van der Waals surface area contributed by atoms with Gasteiger partial charge in [-0.2, -0.15) is 8.42 Å². The van der Waals surface area contributed by atoms with E-state index in [2.05, 4.69) is 14.7 Å². The summed E-state index contributed by atoms with van der Waals surface area (Å²) < 4.78 is 30.6. The summed E-state index contributed by atoms with van der Waals surface area (Å²) in [6.07, 6.45) is 2.96. The molecule has 0 unspecified atom stereocenters. The molecule has 0 radical (unpaired) electrons. The predicted molar refractivity (Wildman–Crippen MR) is 117 cm³/mol. The average Bonchev–Trinajstić information content (AvgIpc) is 2.77. The molecule has 0 bridgehead atoms. The summed E-state index contributed by atoms with van der Waals surface area (Å²) in [6.45, 7) is 0.226. The first-order valence-electron chi connectivity index (χ1n) is 9.40. The minimum Gasteiger partial charge on any atom is -0.506 e. The second-order valence-corrected chi connectivity index (χ2v) is 8.60. The standard InChI is InChI=1S/C22H16N4O4S/c27-20-15-12-23-11-10-17(15)26(13-14-6-2-1-3-7-14)22(28)19(20)21-24-16-8-4-5-9-18(16)31(29,30)25-21/h1-12,27H,13H2,(H,24,25). The number of hydrogen-bond acceptors (Lipinski definition) is 6. The van der Waals surface area contributed by atoms with Crippen LogP contribution >= 0.6 is 0 Å². The van der Waals surface area contributed by atoms with Crippen LogP contribution in [-0.2, 0) is 16.6 Å². The van der Waals surface area contributed by atoms with Gasteiger partial charge in [0.05, 0.1) is 23.1 Å². The summed E-state index contributed by atoms with van der Waals surface area (Å²) in [5, 5.41) is 14.1. The molecule has 154 valence electrons. The molecule has 4 aromatic rings. The molecular formula is C22H16N4O4S. The number of pyridine rings is 2. The molecule has 0 aliphatic carbocycles. The van der Waals surface area contributed by atoms with Crippen molar-refractivity contribution < 1.29 is 13.5 Å². The smallest absolute Gasteiger partial charge is 0.286 e. The monoisotopic (exact) mass is 432 g/mol. The van der Waals surface area contributed by atoms with E-state index in [0.29, 0.717) is 10.9 Å². The van der Waals surface area contributed by atoms with Crippen molar-refractivity contribution in [3.05, 3.63) is 94.5 Å². The van der Waals surface area contributed by atoms with E-state index in [1.54, 1.807) is 24.3 Å². The predicted octanol–water partition coefficient (Wildman–Crippen LogP) is 2.71. The molecular weight excluding hydrogens is 416 g/mol. The zero-order valence-corrected chi connectivity index (χ0v) is 16.9. The van der Waals surface area contributed by atoms with Gasteiger partial charge in [-0.05, 0) is 23.8 Å². The number of nitrogens with one attached hydrogen (secondary N) is 1. The van der Waals surface area contributed by atoms with E-state index < -0.39 is 15.6 Å². The number of sulfonamides is 1. The average molecular weight is 432 g/mol. The van der Waals surface area contributed by atoms with Gasteiger partial charge in [-0.15, -0.1) is 4.40 Å². The van der Waals surface area contributed by atoms with Gasteiger partial charge in [0, 0.05) is 12.4 Å². The molecule has 0 atom stereocenters. The van der Waals surface area contributed by atoms with Crippen molar-refractivity contribution in [2.45, 2.75) is 11.4 Å². The Morgan fingerprint density at radius 1 is 1.00 bits per heavy atom. The fraction of sp³-hybridized carbons (Fsp3) is 0.0455. The highest BCUT2D eigenvalue weighted by Gasteiger charge is 2.29. The number of hydrogen-bond donors (Lipinski definition) is 2. The molecule has 0 saturated carbocycles. The lowest BCUT2D eigenvalue weighted by molar-refractivity contribution is 0.477. The van der Waals surface area contributed by atoms with Crippen molar-refractivity contribution >= 4 is 32.4 Å². The van der Waals surface area contributed by atoms with E-state index in [0.717, 1.165) is 5.56 Å². The molecule has 1 aliphatic heterocycles. The van der Waals surface area contributed by atoms with Gasteiger partial charge in [-0.25, -0.2) is 0 Å². The molecule has 3 heterocycles. The van der Waals surface area contributed by atoms with E-state index >= 15 is 0 Å². The molecule has 9 heteroatoms. The second kappa shape index (κ2) is 7.06. The molecule has 0 spiro atoms. The zero-order valence-electron chi connectivity index (χ0n) is 16.1. The highest BCUT2D eigenvalue weighted by Crippen LogP contribution is 2.32. The van der Waals surface area contributed by atoms with E-state index in [-0.39, 0.29) is 34.3 Å². The van der Waals surface area contributed by atoms with Crippen LogP contribution in [0.1, 0.15) is 11.1 Å². The van der Waals surface area contributed by atoms with Crippen LogP contribution in [0.5, 0.6) is 5.75 Å². The summed E-state index contributed by atoms with van der Waals surface area (Å²) in [5.74, 6) is -0.605. The van der Waals surface area contributed by atoms with Crippen molar-refractivity contribution in [3.8, 4) is 5.75 Å². The van der Waals surface area contributed by atoms with Gasteiger partial charge in [0.1, 0.15) is 16.2 Å². The summed E-state index contributed by atoms with van der Waals surface area (Å²) in [6, 6.07) is 17.2. The third-order valence-electron chi connectivity index (χ3n) is 5.09. The molecule has 2 aromatic carbocycles. The van der Waals surface area contributed by atoms with Gasteiger partial charge in [-0.1, -0.05) is 42.5 Å². The Balaban J connectivity index is 1.77. The Labute approximate surface area is 177 Å². The van der Waals surface area contributed by atoms with Gasteiger partial charge >= 0.3 is 0 Å². The number of nitrogens with zero attached hydrogens (tertiary/aromatic N) is 3. The van der Waals surface area contributed by atoms with Crippen LogP contribution in [-0.4, -0.2) is 28.9 Å². The summed E-state index contributed by atoms with van der Waals surface area (Å²) in [7, 11) is -4.05. The number of para-hydroxylation sites is 1. The Bertz CT molecular complexity index is 1530. The maximum atomic E-state index is 13.5. The fourth-order valence-corrected chi connectivity index (χ4v) is 4.77. The Hall–Kier alpha value is -3.98. The first-order valence-corrected chi connectivity index (χ1v) is 10.8. The van der Waals surface area contributed by atoms with Crippen LogP contribution < -0.4 is 10.9 Å². The molecule has 2 aromatic heterocycles. The lowest BCUT2D eigenvalue weighted by Gasteiger charge is -2.20. The van der Waals surface area contributed by atoms with Crippen molar-refractivity contribution in [2.24, 2.45) is 4.40 Å². The minimum absolute atomic E-state index is 0.00491. The van der Waals surface area contributed by atoms with E-state index in [4.69, 9.17) is 0 Å². The number of anilines is 1. The van der Waals surface area contributed by atoms with Crippen molar-refractivity contribution in [2.75, 3.05) is 5.32 Å². The molecule has 0 amide bonds. The maximum absolute atomic E-state index is 13.5. The topological polar surface area (TPSA) is 114 Å². The molecule has 1 aliphatic rings. The van der Waals surface area contributed by atoms with Crippen LogP contribution in [0.15, 0.2) is 87.1 Å². The highest BCUT2D eigenvalue weighted by atomic mass is 32.2. The lowest BCUT2D eigenvalue weighted by atomic mass is 10.1. The Morgan fingerprint density at radius 3 is 2.55 bits per heavy atom. The summed E-state index contributed by atoms with van der Waals surface area (Å²) in [5.41, 5.74) is 0.836. The van der Waals surface area contributed by atoms with Gasteiger partial charge in [0.15, 0.2) is 5.84 Å². The van der Waals surface area contributed by atoms with Crippen LogP contribution in [0.25, 0.3) is 10.9 Å². The van der Waals surface area contributed by atoms with Gasteiger partial charge < -0.3 is 15.0 Å².